The predicted molar refractivity (Wildman–Crippen MR) is 117 cm³/mol. The molecule has 152 valence electrons. The first-order valence-corrected chi connectivity index (χ1v) is 11.0. The first-order chi connectivity index (χ1) is 14.4. The Morgan fingerprint density at radius 1 is 0.900 bits per heavy atom. The molecule has 7 heteroatoms. The van der Waals surface area contributed by atoms with E-state index in [4.69, 9.17) is 0 Å². The Labute approximate surface area is 175 Å². The average Bonchev–Trinajstić information content (AvgIpc) is 2.71. The van der Waals surface area contributed by atoms with Crippen LogP contribution in [-0.2, 0) is 14.5 Å². The van der Waals surface area contributed by atoms with Crippen molar-refractivity contribution in [1.29, 1.82) is 0 Å². The zero-order valence-corrected chi connectivity index (χ0v) is 17.5. The van der Waals surface area contributed by atoms with Crippen LogP contribution in [0.1, 0.15) is 21.5 Å². The van der Waals surface area contributed by atoms with Gasteiger partial charge in [0.25, 0.3) is 11.8 Å². The van der Waals surface area contributed by atoms with Gasteiger partial charge in [-0.2, -0.15) is 4.36 Å². The molecule has 0 unspecified atom stereocenters. The minimum absolute atomic E-state index is 0.333. The second-order valence-corrected chi connectivity index (χ2v) is 9.30. The van der Waals surface area contributed by atoms with E-state index in [0.717, 1.165) is 11.1 Å². The van der Waals surface area contributed by atoms with Crippen LogP contribution in [0.3, 0.4) is 0 Å². The molecule has 0 atom stereocenters. The standard InChI is InChI=1S/C23H21N3O3S/c1-15-11-16(2)13-17(12-15)23(28)24-14-22(27)26-30(29)20-9-5-3-7-18(20)25-19-8-4-6-10-21(19)30/h3-13,25H,14H2,1-2H3,(H,24,28). The number of nitrogens with zero attached hydrogens (tertiary/aromatic N) is 1. The molecule has 1 aliphatic rings. The van der Waals surface area contributed by atoms with E-state index in [2.05, 4.69) is 15.0 Å². The summed E-state index contributed by atoms with van der Waals surface area (Å²) in [6, 6.07) is 19.6. The molecule has 0 radical (unpaired) electrons. The van der Waals surface area contributed by atoms with Gasteiger partial charge in [-0.3, -0.25) is 9.59 Å². The number of nitrogens with one attached hydrogen (secondary N) is 2. The highest BCUT2D eigenvalue weighted by atomic mass is 32.2. The number of para-hydroxylation sites is 2. The third-order valence-corrected chi connectivity index (χ3v) is 7.12. The minimum Gasteiger partial charge on any atom is -0.353 e. The lowest BCUT2D eigenvalue weighted by Crippen LogP contribution is -2.29. The van der Waals surface area contributed by atoms with Crippen LogP contribution in [0.4, 0.5) is 11.4 Å². The summed E-state index contributed by atoms with van der Waals surface area (Å²) < 4.78 is 18.0. The van der Waals surface area contributed by atoms with Crippen molar-refractivity contribution >= 4 is 32.9 Å². The number of anilines is 2. The van der Waals surface area contributed by atoms with Crippen molar-refractivity contribution in [3.05, 3.63) is 83.4 Å². The van der Waals surface area contributed by atoms with Crippen molar-refractivity contribution in [2.75, 3.05) is 11.9 Å². The molecule has 30 heavy (non-hydrogen) atoms. The van der Waals surface area contributed by atoms with Gasteiger partial charge in [0.05, 0.1) is 27.7 Å². The molecule has 4 rings (SSSR count). The fourth-order valence-electron chi connectivity index (χ4n) is 3.52. The summed E-state index contributed by atoms with van der Waals surface area (Å²) in [6.45, 7) is 3.47. The van der Waals surface area contributed by atoms with Crippen LogP contribution in [0.5, 0.6) is 0 Å². The number of amides is 2. The minimum atomic E-state index is -3.17. The van der Waals surface area contributed by atoms with Crippen LogP contribution in [0, 0.1) is 13.8 Å². The maximum atomic E-state index is 13.9. The Bertz CT molecular complexity index is 1220. The summed E-state index contributed by atoms with van der Waals surface area (Å²) in [6.07, 6.45) is 0. The predicted octanol–water partition coefficient (Wildman–Crippen LogP) is 4.20. The Balaban J connectivity index is 1.64. The molecule has 1 aliphatic heterocycles. The number of hydrogen-bond acceptors (Lipinski definition) is 4. The third-order valence-electron chi connectivity index (χ3n) is 4.75. The van der Waals surface area contributed by atoms with Gasteiger partial charge in [0.1, 0.15) is 9.73 Å². The second kappa shape index (κ2) is 7.76. The lowest BCUT2D eigenvalue weighted by molar-refractivity contribution is -0.116. The highest BCUT2D eigenvalue weighted by molar-refractivity contribution is 7.94. The number of fused-ring (bicyclic) bond motifs is 2. The van der Waals surface area contributed by atoms with E-state index in [1.807, 2.05) is 32.0 Å². The van der Waals surface area contributed by atoms with Gasteiger partial charge in [0.15, 0.2) is 0 Å². The molecule has 0 saturated heterocycles. The van der Waals surface area contributed by atoms with E-state index >= 15 is 0 Å². The molecular weight excluding hydrogens is 398 g/mol. The second-order valence-electron chi connectivity index (χ2n) is 7.19. The molecule has 0 bridgehead atoms. The van der Waals surface area contributed by atoms with Gasteiger partial charge in [0.2, 0.25) is 0 Å². The van der Waals surface area contributed by atoms with Crippen molar-refractivity contribution in [1.82, 2.24) is 5.32 Å². The number of aryl methyl sites for hydroxylation is 2. The monoisotopic (exact) mass is 419 g/mol. The summed E-state index contributed by atoms with van der Waals surface area (Å²) in [5, 5.41) is 5.82. The van der Waals surface area contributed by atoms with Gasteiger partial charge in [-0.15, -0.1) is 0 Å². The van der Waals surface area contributed by atoms with E-state index in [0.29, 0.717) is 26.7 Å². The van der Waals surface area contributed by atoms with Crippen LogP contribution >= 0.6 is 0 Å². The topological polar surface area (TPSA) is 87.6 Å². The molecule has 1 heterocycles. The van der Waals surface area contributed by atoms with Gasteiger partial charge in [0, 0.05) is 5.56 Å². The highest BCUT2D eigenvalue weighted by Gasteiger charge is 2.28. The van der Waals surface area contributed by atoms with Gasteiger partial charge >= 0.3 is 0 Å². The summed E-state index contributed by atoms with van der Waals surface area (Å²) in [5.41, 5.74) is 3.69. The molecule has 2 amide bonds. The average molecular weight is 420 g/mol. The van der Waals surface area contributed by atoms with Crippen molar-refractivity contribution in [2.45, 2.75) is 23.6 Å². The first-order valence-electron chi connectivity index (χ1n) is 9.48. The van der Waals surface area contributed by atoms with Crippen LogP contribution in [-0.4, -0.2) is 22.6 Å². The Kier molecular flexibility index (Phi) is 5.13. The summed E-state index contributed by atoms with van der Waals surface area (Å²) in [7, 11) is -3.17. The number of hydrogen-bond donors (Lipinski definition) is 2. The molecule has 6 nitrogen and oxygen atoms in total. The third kappa shape index (κ3) is 3.71. The zero-order chi connectivity index (χ0) is 21.3. The number of carbonyl (C=O) groups is 2. The smallest absolute Gasteiger partial charge is 0.273 e. The SMILES string of the molecule is Cc1cc(C)cc(C(=O)NCC(=O)N=S2(=O)c3ccccc3Nc3ccccc32)c1. The van der Waals surface area contributed by atoms with E-state index in [9.17, 15) is 13.8 Å². The van der Waals surface area contributed by atoms with Crippen molar-refractivity contribution < 1.29 is 13.8 Å². The van der Waals surface area contributed by atoms with Crippen molar-refractivity contribution in [2.24, 2.45) is 4.36 Å². The lowest BCUT2D eigenvalue weighted by Gasteiger charge is -2.24. The van der Waals surface area contributed by atoms with Gasteiger partial charge in [-0.1, -0.05) is 41.5 Å². The first kappa shape index (κ1) is 19.8. The number of rotatable bonds is 3. The number of benzene rings is 3. The molecule has 0 fully saturated rings. The summed E-state index contributed by atoms with van der Waals surface area (Å²) >= 11 is 0. The van der Waals surface area contributed by atoms with E-state index < -0.39 is 15.6 Å². The van der Waals surface area contributed by atoms with Crippen molar-refractivity contribution in [3.63, 3.8) is 0 Å². The molecule has 0 aromatic heterocycles. The summed E-state index contributed by atoms with van der Waals surface area (Å²) in [4.78, 5) is 26.0. The molecular formula is C23H21N3O3S. The van der Waals surface area contributed by atoms with E-state index in [1.54, 1.807) is 48.5 Å². The molecule has 3 aromatic rings. The molecule has 0 aliphatic carbocycles. The van der Waals surface area contributed by atoms with E-state index in [1.165, 1.54) is 0 Å². The zero-order valence-electron chi connectivity index (χ0n) is 16.6. The van der Waals surface area contributed by atoms with E-state index in [-0.39, 0.29) is 12.5 Å². The molecule has 3 aromatic carbocycles. The van der Waals surface area contributed by atoms with Gasteiger partial charge in [-0.05, 0) is 50.2 Å². The molecule has 0 spiro atoms. The van der Waals surface area contributed by atoms with Crippen LogP contribution in [0.15, 0.2) is 80.9 Å². The van der Waals surface area contributed by atoms with Crippen LogP contribution in [0.2, 0.25) is 0 Å². The van der Waals surface area contributed by atoms with Crippen molar-refractivity contribution in [3.8, 4) is 0 Å². The lowest BCUT2D eigenvalue weighted by atomic mass is 10.1. The summed E-state index contributed by atoms with van der Waals surface area (Å²) in [5.74, 6) is -1.02. The quantitative estimate of drug-likeness (QED) is 0.521. The highest BCUT2D eigenvalue weighted by Crippen LogP contribution is 2.40. The molecule has 0 saturated carbocycles. The largest absolute Gasteiger partial charge is 0.353 e. The fraction of sp³-hybridized carbons (Fsp3) is 0.130. The van der Waals surface area contributed by atoms with Gasteiger partial charge in [-0.25, -0.2) is 4.21 Å². The Morgan fingerprint density at radius 3 is 2.00 bits per heavy atom. The van der Waals surface area contributed by atoms with Gasteiger partial charge < -0.3 is 10.6 Å². The van der Waals surface area contributed by atoms with Crippen LogP contribution in [0.25, 0.3) is 0 Å². The Morgan fingerprint density at radius 2 is 1.43 bits per heavy atom. The fourth-order valence-corrected chi connectivity index (χ4v) is 5.67. The Hall–Kier alpha value is -3.45. The maximum absolute atomic E-state index is 13.9. The maximum Gasteiger partial charge on any atom is 0.273 e. The molecule has 2 N–H and O–H groups in total. The normalized spacial score (nSPS) is 13.4. The van der Waals surface area contributed by atoms with Crippen LogP contribution < -0.4 is 10.6 Å². The number of carbonyl (C=O) groups excluding carboxylic acids is 2.